The van der Waals surface area contributed by atoms with Crippen LogP contribution in [0.3, 0.4) is 0 Å². The van der Waals surface area contributed by atoms with Crippen molar-refractivity contribution in [1.82, 2.24) is 9.78 Å². The third-order valence-electron chi connectivity index (χ3n) is 3.68. The molecule has 1 saturated carbocycles. The number of aromatic nitrogens is 2. The molecule has 1 aromatic rings. The summed E-state index contributed by atoms with van der Waals surface area (Å²) in [6, 6.07) is 0.150. The predicted molar refractivity (Wildman–Crippen MR) is 63.6 cm³/mol. The fraction of sp³-hybridized carbons (Fsp3) is 0.769. The molecule has 2 rings (SSSR count). The second-order valence-corrected chi connectivity index (χ2v) is 5.39. The molecule has 0 atom stereocenters. The van der Waals surface area contributed by atoms with Crippen molar-refractivity contribution >= 4 is 0 Å². The van der Waals surface area contributed by atoms with Crippen molar-refractivity contribution in [3.8, 4) is 0 Å². The number of rotatable bonds is 2. The first-order valence-electron chi connectivity index (χ1n) is 6.48. The van der Waals surface area contributed by atoms with E-state index < -0.39 is 11.9 Å². The molecule has 0 spiro atoms. The fourth-order valence-corrected chi connectivity index (χ4v) is 2.92. The highest BCUT2D eigenvalue weighted by Gasteiger charge is 2.39. The Morgan fingerprint density at radius 3 is 2.22 bits per heavy atom. The fourth-order valence-electron chi connectivity index (χ4n) is 2.92. The lowest BCUT2D eigenvalue weighted by Gasteiger charge is -2.16. The van der Waals surface area contributed by atoms with Crippen LogP contribution in [0.5, 0.6) is 0 Å². The van der Waals surface area contributed by atoms with E-state index in [1.165, 1.54) is 6.92 Å². The molecule has 0 bridgehead atoms. The topological polar surface area (TPSA) is 17.8 Å². The van der Waals surface area contributed by atoms with Crippen molar-refractivity contribution in [2.75, 3.05) is 0 Å². The van der Waals surface area contributed by atoms with Crippen LogP contribution >= 0.6 is 0 Å². The van der Waals surface area contributed by atoms with Crippen LogP contribution in [-0.2, 0) is 6.18 Å². The normalized spacial score (nSPS) is 17.9. The van der Waals surface area contributed by atoms with E-state index in [9.17, 15) is 13.2 Å². The highest BCUT2D eigenvalue weighted by molar-refractivity contribution is 5.29. The Balaban J connectivity index is 2.50. The molecule has 0 saturated heterocycles. The first kappa shape index (κ1) is 13.4. The maximum atomic E-state index is 12.9. The van der Waals surface area contributed by atoms with E-state index in [0.29, 0.717) is 5.56 Å². The zero-order valence-corrected chi connectivity index (χ0v) is 11.0. The maximum Gasteiger partial charge on any atom is 0.435 e. The van der Waals surface area contributed by atoms with E-state index in [1.54, 1.807) is 4.68 Å². The summed E-state index contributed by atoms with van der Waals surface area (Å²) < 4.78 is 40.4. The maximum absolute atomic E-state index is 12.9. The summed E-state index contributed by atoms with van der Waals surface area (Å²) in [6.07, 6.45) is -0.293. The summed E-state index contributed by atoms with van der Waals surface area (Å²) >= 11 is 0. The molecule has 102 valence electrons. The van der Waals surface area contributed by atoms with Crippen molar-refractivity contribution in [2.24, 2.45) is 0 Å². The molecule has 0 unspecified atom stereocenters. The van der Waals surface area contributed by atoms with Crippen molar-refractivity contribution in [1.29, 1.82) is 0 Å². The van der Waals surface area contributed by atoms with Crippen LogP contribution in [0.1, 0.15) is 68.4 Å². The SMILES string of the molecule is Cc1c(C(F)(F)F)nn(C2CCCC2)c1C(C)C. The van der Waals surface area contributed by atoms with Gasteiger partial charge >= 0.3 is 6.18 Å². The zero-order valence-electron chi connectivity index (χ0n) is 11.0. The van der Waals surface area contributed by atoms with Crippen molar-refractivity contribution in [3.05, 3.63) is 17.0 Å². The van der Waals surface area contributed by atoms with Crippen molar-refractivity contribution in [2.45, 2.75) is 64.6 Å². The second-order valence-electron chi connectivity index (χ2n) is 5.39. The van der Waals surface area contributed by atoms with Gasteiger partial charge in [0.25, 0.3) is 0 Å². The molecule has 1 aromatic heterocycles. The van der Waals surface area contributed by atoms with E-state index in [1.807, 2.05) is 13.8 Å². The molecule has 18 heavy (non-hydrogen) atoms. The summed E-state index contributed by atoms with van der Waals surface area (Å²) in [5, 5.41) is 3.88. The van der Waals surface area contributed by atoms with Crippen LogP contribution in [0.25, 0.3) is 0 Å². The van der Waals surface area contributed by atoms with Crippen LogP contribution < -0.4 is 0 Å². The van der Waals surface area contributed by atoms with E-state index in [0.717, 1.165) is 31.4 Å². The summed E-state index contributed by atoms with van der Waals surface area (Å²) in [4.78, 5) is 0. The number of hydrogen-bond acceptors (Lipinski definition) is 1. The monoisotopic (exact) mass is 260 g/mol. The van der Waals surface area contributed by atoms with Crippen molar-refractivity contribution < 1.29 is 13.2 Å². The Labute approximate surface area is 105 Å². The molecule has 0 aliphatic heterocycles. The lowest BCUT2D eigenvalue weighted by atomic mass is 10.0. The van der Waals surface area contributed by atoms with Crippen LogP contribution in [-0.4, -0.2) is 9.78 Å². The summed E-state index contributed by atoms with van der Waals surface area (Å²) in [5.74, 6) is 0.0641. The summed E-state index contributed by atoms with van der Waals surface area (Å²) in [6.45, 7) is 5.39. The Morgan fingerprint density at radius 2 is 1.78 bits per heavy atom. The Morgan fingerprint density at radius 1 is 1.22 bits per heavy atom. The van der Waals surface area contributed by atoms with Gasteiger partial charge in [-0.05, 0) is 25.7 Å². The van der Waals surface area contributed by atoms with Gasteiger partial charge in [0.05, 0.1) is 6.04 Å². The predicted octanol–water partition coefficient (Wildman–Crippen LogP) is 4.45. The van der Waals surface area contributed by atoms with Gasteiger partial charge in [-0.2, -0.15) is 18.3 Å². The molecule has 0 amide bonds. The van der Waals surface area contributed by atoms with Gasteiger partial charge in [-0.25, -0.2) is 0 Å². The molecule has 1 aliphatic carbocycles. The first-order valence-corrected chi connectivity index (χ1v) is 6.48. The minimum absolute atomic E-state index is 0.0641. The molecule has 0 radical (unpaired) electrons. The number of nitrogens with zero attached hydrogens (tertiary/aromatic N) is 2. The van der Waals surface area contributed by atoms with Gasteiger partial charge in [-0.15, -0.1) is 0 Å². The number of halogens is 3. The minimum Gasteiger partial charge on any atom is -0.265 e. The Kier molecular flexibility index (Phi) is 3.43. The third-order valence-corrected chi connectivity index (χ3v) is 3.68. The third kappa shape index (κ3) is 2.27. The van der Waals surface area contributed by atoms with Gasteiger partial charge in [-0.3, -0.25) is 4.68 Å². The van der Waals surface area contributed by atoms with Gasteiger partial charge in [0.1, 0.15) is 0 Å². The van der Waals surface area contributed by atoms with Crippen LogP contribution in [0.15, 0.2) is 0 Å². The quantitative estimate of drug-likeness (QED) is 0.768. The smallest absolute Gasteiger partial charge is 0.265 e. The van der Waals surface area contributed by atoms with Gasteiger partial charge in [-0.1, -0.05) is 26.7 Å². The van der Waals surface area contributed by atoms with Gasteiger partial charge in [0.15, 0.2) is 5.69 Å². The van der Waals surface area contributed by atoms with Gasteiger partial charge in [0.2, 0.25) is 0 Å². The zero-order chi connectivity index (χ0) is 13.5. The van der Waals surface area contributed by atoms with E-state index >= 15 is 0 Å². The largest absolute Gasteiger partial charge is 0.435 e. The van der Waals surface area contributed by atoms with E-state index in [2.05, 4.69) is 5.10 Å². The molecule has 0 N–H and O–H groups in total. The van der Waals surface area contributed by atoms with Crippen LogP contribution in [0.4, 0.5) is 13.2 Å². The molecule has 1 fully saturated rings. The van der Waals surface area contributed by atoms with E-state index in [-0.39, 0.29) is 12.0 Å². The van der Waals surface area contributed by atoms with Gasteiger partial charge < -0.3 is 0 Å². The highest BCUT2D eigenvalue weighted by atomic mass is 19.4. The Bertz CT molecular complexity index is 426. The summed E-state index contributed by atoms with van der Waals surface area (Å²) in [5.41, 5.74) is 0.330. The molecular formula is C13H19F3N2. The second kappa shape index (κ2) is 4.59. The lowest BCUT2D eigenvalue weighted by Crippen LogP contribution is -2.13. The lowest BCUT2D eigenvalue weighted by molar-refractivity contribution is -0.142. The first-order chi connectivity index (χ1) is 8.32. The molecule has 1 heterocycles. The Hall–Kier alpha value is -1.00. The number of hydrogen-bond donors (Lipinski definition) is 0. The summed E-state index contributed by atoms with van der Waals surface area (Å²) in [7, 11) is 0. The standard InChI is InChI=1S/C13H19F3N2/c1-8(2)11-9(3)12(13(14,15)16)17-18(11)10-6-4-5-7-10/h8,10H,4-7H2,1-3H3. The van der Waals surface area contributed by atoms with E-state index in [4.69, 9.17) is 0 Å². The molecular weight excluding hydrogens is 241 g/mol. The molecule has 1 aliphatic rings. The number of alkyl halides is 3. The van der Waals surface area contributed by atoms with Crippen LogP contribution in [0.2, 0.25) is 0 Å². The minimum atomic E-state index is -4.35. The molecule has 2 nitrogen and oxygen atoms in total. The molecule has 0 aromatic carbocycles. The van der Waals surface area contributed by atoms with Gasteiger partial charge in [0, 0.05) is 11.3 Å². The molecule has 5 heteroatoms. The highest BCUT2D eigenvalue weighted by Crippen LogP contribution is 2.38. The van der Waals surface area contributed by atoms with Crippen molar-refractivity contribution in [3.63, 3.8) is 0 Å². The average molecular weight is 260 g/mol. The average Bonchev–Trinajstić information content (AvgIpc) is 2.81. The van der Waals surface area contributed by atoms with Crippen LogP contribution in [0, 0.1) is 6.92 Å².